The van der Waals surface area contributed by atoms with Crippen LogP contribution in [-0.2, 0) is 4.79 Å². The lowest BCUT2D eigenvalue weighted by Gasteiger charge is -2.07. The first kappa shape index (κ1) is 18.9. The van der Waals surface area contributed by atoms with Crippen molar-refractivity contribution in [2.75, 3.05) is 26.7 Å². The van der Waals surface area contributed by atoms with Gasteiger partial charge in [-0.15, -0.1) is 12.4 Å². The molecule has 2 amide bonds. The second kappa shape index (κ2) is 10.7. The van der Waals surface area contributed by atoms with Crippen molar-refractivity contribution >= 4 is 40.2 Å². The third kappa shape index (κ3) is 7.47. The molecule has 0 aliphatic heterocycles. The third-order valence-electron chi connectivity index (χ3n) is 2.44. The molecular weight excluding hydrogens is 346 g/mol. The quantitative estimate of drug-likeness (QED) is 0.639. The highest BCUT2D eigenvalue weighted by Gasteiger charge is 2.04. The molecule has 1 aromatic carbocycles. The van der Waals surface area contributed by atoms with E-state index in [-0.39, 0.29) is 24.2 Å². The van der Waals surface area contributed by atoms with Gasteiger partial charge in [0.2, 0.25) is 5.91 Å². The van der Waals surface area contributed by atoms with Crippen molar-refractivity contribution in [1.29, 1.82) is 0 Å². The summed E-state index contributed by atoms with van der Waals surface area (Å²) in [5.41, 5.74) is 0.602. The number of amides is 2. The molecule has 3 N–H and O–H groups in total. The molecule has 0 aliphatic carbocycles. The van der Waals surface area contributed by atoms with Crippen LogP contribution >= 0.6 is 28.3 Å². The average Bonchev–Trinajstić information content (AvgIpc) is 2.41. The second-order valence-corrected chi connectivity index (χ2v) is 4.88. The topological polar surface area (TPSA) is 70.2 Å². The van der Waals surface area contributed by atoms with E-state index in [2.05, 4.69) is 31.9 Å². The lowest BCUT2D eigenvalue weighted by atomic mass is 10.2. The molecule has 0 aliphatic rings. The molecule has 0 radical (unpaired) electrons. The number of halogens is 2. The van der Waals surface area contributed by atoms with Crippen molar-refractivity contribution in [2.45, 2.75) is 6.42 Å². The van der Waals surface area contributed by atoms with Crippen LogP contribution in [-0.4, -0.2) is 38.5 Å². The maximum Gasteiger partial charge on any atom is 0.251 e. The van der Waals surface area contributed by atoms with E-state index in [1.165, 1.54) is 0 Å². The summed E-state index contributed by atoms with van der Waals surface area (Å²) in [7, 11) is 1.80. The minimum atomic E-state index is -0.142. The molecule has 1 rings (SSSR count). The normalized spacial score (nSPS) is 9.50. The number of rotatable bonds is 7. The molecule has 5 nitrogen and oxygen atoms in total. The first-order chi connectivity index (χ1) is 9.13. The monoisotopic (exact) mass is 363 g/mol. The van der Waals surface area contributed by atoms with E-state index in [0.29, 0.717) is 31.6 Å². The lowest BCUT2D eigenvalue weighted by molar-refractivity contribution is -0.120. The lowest BCUT2D eigenvalue weighted by Crippen LogP contribution is -2.35. The van der Waals surface area contributed by atoms with Crippen LogP contribution in [0.2, 0.25) is 0 Å². The third-order valence-corrected chi connectivity index (χ3v) is 2.97. The van der Waals surface area contributed by atoms with Gasteiger partial charge in [0.15, 0.2) is 0 Å². The molecule has 112 valence electrons. The Morgan fingerprint density at radius 2 is 1.65 bits per heavy atom. The van der Waals surface area contributed by atoms with Gasteiger partial charge in [-0.1, -0.05) is 15.9 Å². The summed E-state index contributed by atoms with van der Waals surface area (Å²) in [5.74, 6) is -0.163. The number of carbonyl (C=O) groups excluding carboxylic acids is 2. The van der Waals surface area contributed by atoms with Gasteiger partial charge < -0.3 is 16.0 Å². The molecule has 0 unspecified atom stereocenters. The van der Waals surface area contributed by atoms with Crippen molar-refractivity contribution in [1.82, 2.24) is 16.0 Å². The van der Waals surface area contributed by atoms with Crippen LogP contribution in [0.1, 0.15) is 16.8 Å². The Hall–Kier alpha value is -1.11. The second-order valence-electron chi connectivity index (χ2n) is 3.97. The summed E-state index contributed by atoms with van der Waals surface area (Å²) in [6.07, 6.45) is 0.442. The fourth-order valence-corrected chi connectivity index (χ4v) is 1.67. The maximum absolute atomic E-state index is 11.7. The molecule has 0 bridgehead atoms. The Morgan fingerprint density at radius 3 is 2.25 bits per heavy atom. The van der Waals surface area contributed by atoms with Crippen molar-refractivity contribution < 1.29 is 9.59 Å². The fraction of sp³-hybridized carbons (Fsp3) is 0.385. The number of hydrogen-bond donors (Lipinski definition) is 3. The van der Waals surface area contributed by atoms with Gasteiger partial charge >= 0.3 is 0 Å². The Kier molecular flexibility index (Phi) is 10.1. The zero-order chi connectivity index (χ0) is 14.1. The Morgan fingerprint density at radius 1 is 1.05 bits per heavy atom. The van der Waals surface area contributed by atoms with E-state index in [9.17, 15) is 9.59 Å². The van der Waals surface area contributed by atoms with Gasteiger partial charge in [0.1, 0.15) is 0 Å². The van der Waals surface area contributed by atoms with Gasteiger partial charge in [-0.25, -0.2) is 0 Å². The standard InChI is InChI=1S/C13H18BrN3O2.ClH/c1-15-7-6-12(18)16-8-9-17-13(19)10-2-4-11(14)5-3-10;/h2-5,15H,6-9H2,1H3,(H,16,18)(H,17,19);1H. The van der Waals surface area contributed by atoms with E-state index in [1.54, 1.807) is 19.2 Å². The molecule has 0 spiro atoms. The number of benzene rings is 1. The molecule has 0 atom stereocenters. The Labute approximate surface area is 133 Å². The number of carbonyl (C=O) groups is 2. The largest absolute Gasteiger partial charge is 0.354 e. The summed E-state index contributed by atoms with van der Waals surface area (Å²) < 4.78 is 0.931. The summed E-state index contributed by atoms with van der Waals surface area (Å²) >= 11 is 3.31. The van der Waals surface area contributed by atoms with Gasteiger partial charge in [0.05, 0.1) is 0 Å². The van der Waals surface area contributed by atoms with Gasteiger partial charge in [0, 0.05) is 36.1 Å². The Bertz CT molecular complexity index is 426. The number of nitrogens with one attached hydrogen (secondary N) is 3. The summed E-state index contributed by atoms with van der Waals surface area (Å²) in [4.78, 5) is 23.0. The SMILES string of the molecule is CNCCC(=O)NCCNC(=O)c1ccc(Br)cc1.Cl. The summed E-state index contributed by atoms with van der Waals surface area (Å²) in [6, 6.07) is 7.11. The van der Waals surface area contributed by atoms with Gasteiger partial charge in [-0.3, -0.25) is 9.59 Å². The fourth-order valence-electron chi connectivity index (χ4n) is 1.41. The molecule has 7 heteroatoms. The first-order valence-corrected chi connectivity index (χ1v) is 6.88. The summed E-state index contributed by atoms with van der Waals surface area (Å²) in [5, 5.41) is 8.38. The Balaban J connectivity index is 0.00000361. The van der Waals surface area contributed by atoms with E-state index >= 15 is 0 Å². The van der Waals surface area contributed by atoms with Crippen molar-refractivity contribution in [2.24, 2.45) is 0 Å². The molecular formula is C13H19BrClN3O2. The molecule has 0 saturated heterocycles. The van der Waals surface area contributed by atoms with E-state index < -0.39 is 0 Å². The zero-order valence-electron chi connectivity index (χ0n) is 11.2. The van der Waals surface area contributed by atoms with Gasteiger partial charge in [-0.2, -0.15) is 0 Å². The first-order valence-electron chi connectivity index (χ1n) is 6.08. The van der Waals surface area contributed by atoms with Crippen LogP contribution in [0.3, 0.4) is 0 Å². The van der Waals surface area contributed by atoms with Crippen LogP contribution in [0.25, 0.3) is 0 Å². The highest BCUT2D eigenvalue weighted by molar-refractivity contribution is 9.10. The van der Waals surface area contributed by atoms with E-state index in [1.807, 2.05) is 12.1 Å². The van der Waals surface area contributed by atoms with Gasteiger partial charge in [0.25, 0.3) is 5.91 Å². The minimum absolute atomic E-state index is 0. The molecule has 0 fully saturated rings. The van der Waals surface area contributed by atoms with Crippen LogP contribution in [0, 0.1) is 0 Å². The summed E-state index contributed by atoms with van der Waals surface area (Å²) in [6.45, 7) is 1.50. The van der Waals surface area contributed by atoms with E-state index in [0.717, 1.165) is 4.47 Å². The van der Waals surface area contributed by atoms with Crippen LogP contribution < -0.4 is 16.0 Å². The van der Waals surface area contributed by atoms with Crippen LogP contribution in [0.5, 0.6) is 0 Å². The number of hydrogen-bond acceptors (Lipinski definition) is 3. The highest BCUT2D eigenvalue weighted by atomic mass is 79.9. The highest BCUT2D eigenvalue weighted by Crippen LogP contribution is 2.10. The predicted molar refractivity (Wildman–Crippen MR) is 85.3 cm³/mol. The zero-order valence-corrected chi connectivity index (χ0v) is 13.6. The molecule has 0 aromatic heterocycles. The molecule has 20 heavy (non-hydrogen) atoms. The van der Waals surface area contributed by atoms with Crippen molar-refractivity contribution in [3.63, 3.8) is 0 Å². The molecule has 0 heterocycles. The molecule has 1 aromatic rings. The van der Waals surface area contributed by atoms with Gasteiger partial charge in [-0.05, 0) is 31.3 Å². The maximum atomic E-state index is 11.7. The van der Waals surface area contributed by atoms with Crippen molar-refractivity contribution in [3.8, 4) is 0 Å². The van der Waals surface area contributed by atoms with Crippen LogP contribution in [0.4, 0.5) is 0 Å². The predicted octanol–water partition coefficient (Wildman–Crippen LogP) is 1.33. The minimum Gasteiger partial charge on any atom is -0.354 e. The van der Waals surface area contributed by atoms with Crippen LogP contribution in [0.15, 0.2) is 28.7 Å². The molecule has 0 saturated carbocycles. The van der Waals surface area contributed by atoms with E-state index in [4.69, 9.17) is 0 Å². The smallest absolute Gasteiger partial charge is 0.251 e. The average molecular weight is 365 g/mol. The van der Waals surface area contributed by atoms with Crippen molar-refractivity contribution in [3.05, 3.63) is 34.3 Å².